The summed E-state index contributed by atoms with van der Waals surface area (Å²) >= 11 is 5.93. The fourth-order valence-electron chi connectivity index (χ4n) is 4.78. The number of carbonyl (C=O) groups excluding carboxylic acids is 1. The summed E-state index contributed by atoms with van der Waals surface area (Å²) in [7, 11) is 0. The zero-order chi connectivity index (χ0) is 26.1. The number of aliphatic hydroxyl groups excluding tert-OH is 3. The highest BCUT2D eigenvalue weighted by Gasteiger charge is 2.26. The van der Waals surface area contributed by atoms with Crippen LogP contribution in [0, 0.1) is 0 Å². The van der Waals surface area contributed by atoms with E-state index in [1.807, 2.05) is 6.07 Å². The molecule has 5 rings (SSSR count). The molecule has 1 fully saturated rings. The Morgan fingerprint density at radius 1 is 1.08 bits per heavy atom. The topological polar surface area (TPSA) is 124 Å². The van der Waals surface area contributed by atoms with Crippen molar-refractivity contribution >= 4 is 33.8 Å². The van der Waals surface area contributed by atoms with E-state index in [4.69, 9.17) is 16.3 Å². The Kier molecular flexibility index (Phi) is 7.43. The second-order valence-electron chi connectivity index (χ2n) is 9.28. The highest BCUT2D eigenvalue weighted by molar-refractivity contribution is 6.30. The number of morpholine rings is 1. The van der Waals surface area contributed by atoms with Gasteiger partial charge in [0.15, 0.2) is 0 Å². The van der Waals surface area contributed by atoms with Crippen LogP contribution in [-0.2, 0) is 17.8 Å². The third-order valence-corrected chi connectivity index (χ3v) is 7.00. The minimum Gasteiger partial charge on any atom is -0.394 e. The first kappa shape index (κ1) is 25.6. The number of aromatic nitrogens is 1. The van der Waals surface area contributed by atoms with E-state index in [1.165, 1.54) is 6.20 Å². The van der Waals surface area contributed by atoms with Crippen molar-refractivity contribution in [1.29, 1.82) is 0 Å². The number of nitrogens with zero attached hydrogens (tertiary/aromatic N) is 2. The summed E-state index contributed by atoms with van der Waals surface area (Å²) in [5, 5.41) is 34.7. The van der Waals surface area contributed by atoms with Gasteiger partial charge in [-0.1, -0.05) is 23.7 Å². The minimum absolute atomic E-state index is 0.0885. The summed E-state index contributed by atoms with van der Waals surface area (Å²) in [5.74, 6) is -0.561. The van der Waals surface area contributed by atoms with E-state index >= 15 is 0 Å². The number of amides is 1. The van der Waals surface area contributed by atoms with E-state index in [2.05, 4.69) is 10.2 Å². The molecule has 2 unspecified atom stereocenters. The van der Waals surface area contributed by atoms with Crippen LogP contribution in [0.1, 0.15) is 33.3 Å². The van der Waals surface area contributed by atoms with E-state index in [1.54, 1.807) is 40.8 Å². The lowest BCUT2D eigenvalue weighted by Gasteiger charge is -2.26. The van der Waals surface area contributed by atoms with Gasteiger partial charge in [0.05, 0.1) is 31.0 Å². The van der Waals surface area contributed by atoms with Gasteiger partial charge in [-0.15, -0.1) is 0 Å². The summed E-state index contributed by atoms with van der Waals surface area (Å²) in [6.07, 6.45) is -1.46. The fourth-order valence-corrected chi connectivity index (χ4v) is 4.90. The van der Waals surface area contributed by atoms with E-state index < -0.39 is 30.2 Å². The number of hydrogen-bond donors (Lipinski definition) is 4. The number of hydrogen-bond acceptors (Lipinski definition) is 7. The Bertz CT molecular complexity index is 1470. The van der Waals surface area contributed by atoms with Crippen molar-refractivity contribution in [3.63, 3.8) is 0 Å². The number of halogens is 1. The van der Waals surface area contributed by atoms with E-state index in [0.717, 1.165) is 24.2 Å². The molecule has 1 aliphatic heterocycles. The highest BCUT2D eigenvalue weighted by Crippen LogP contribution is 2.30. The molecule has 1 amide bonds. The predicted octanol–water partition coefficient (Wildman–Crippen LogP) is 1.69. The van der Waals surface area contributed by atoms with Crippen molar-refractivity contribution in [2.24, 2.45) is 0 Å². The van der Waals surface area contributed by atoms with Gasteiger partial charge >= 0.3 is 0 Å². The van der Waals surface area contributed by atoms with Crippen molar-refractivity contribution in [3.05, 3.63) is 86.3 Å². The van der Waals surface area contributed by atoms with Crippen molar-refractivity contribution in [3.8, 4) is 0 Å². The second-order valence-corrected chi connectivity index (χ2v) is 9.72. The Labute approximate surface area is 217 Å². The van der Waals surface area contributed by atoms with Gasteiger partial charge in [0, 0.05) is 48.2 Å². The maximum Gasteiger partial charge on any atom is 0.257 e. The molecule has 37 heavy (non-hydrogen) atoms. The first-order valence-electron chi connectivity index (χ1n) is 12.1. The summed E-state index contributed by atoms with van der Waals surface area (Å²) < 4.78 is 6.99. The lowest BCUT2D eigenvalue weighted by molar-refractivity contribution is -0.0175. The molecule has 9 nitrogen and oxygen atoms in total. The molecule has 0 spiro atoms. The number of rotatable bonds is 8. The van der Waals surface area contributed by atoms with Crippen LogP contribution in [0.15, 0.2) is 53.5 Å². The smallest absolute Gasteiger partial charge is 0.257 e. The van der Waals surface area contributed by atoms with Crippen molar-refractivity contribution < 1.29 is 24.9 Å². The molecule has 2 atom stereocenters. The van der Waals surface area contributed by atoms with E-state index in [0.29, 0.717) is 41.1 Å². The predicted molar refractivity (Wildman–Crippen MR) is 139 cm³/mol. The maximum atomic E-state index is 13.6. The van der Waals surface area contributed by atoms with Gasteiger partial charge in [0.25, 0.3) is 5.91 Å². The van der Waals surface area contributed by atoms with Crippen LogP contribution in [0.4, 0.5) is 0 Å². The molecule has 3 heterocycles. The normalized spacial score (nSPS) is 16.3. The maximum absolute atomic E-state index is 13.6. The van der Waals surface area contributed by atoms with Crippen LogP contribution in [0.5, 0.6) is 0 Å². The van der Waals surface area contributed by atoms with Crippen LogP contribution >= 0.6 is 11.6 Å². The van der Waals surface area contributed by atoms with Gasteiger partial charge in [0.1, 0.15) is 17.8 Å². The molecule has 0 bridgehead atoms. The fraction of sp³-hybridized carbons (Fsp3) is 0.333. The number of benzene rings is 2. The highest BCUT2D eigenvalue weighted by atomic mass is 35.5. The standard InChI is InChI=1S/C27H28ClN3O6/c28-19-3-1-16(2-4-19)12-29-27(36)21-14-31-22(26(35)23(33)15-32)11-18-9-17(10-20(24(18)31)25(21)34)13-30-5-7-37-8-6-30/h1-4,9-11,14,23,26,32-33,35H,5-8,12-13,15H2,(H,29,36). The van der Waals surface area contributed by atoms with Gasteiger partial charge in [-0.2, -0.15) is 0 Å². The zero-order valence-electron chi connectivity index (χ0n) is 20.1. The average Bonchev–Trinajstić information content (AvgIpc) is 3.28. The summed E-state index contributed by atoms with van der Waals surface area (Å²) in [4.78, 5) is 29.0. The second kappa shape index (κ2) is 10.7. The van der Waals surface area contributed by atoms with E-state index in [9.17, 15) is 24.9 Å². The van der Waals surface area contributed by atoms with Gasteiger partial charge in [-0.25, -0.2) is 0 Å². The van der Waals surface area contributed by atoms with Crippen LogP contribution in [0.3, 0.4) is 0 Å². The number of pyridine rings is 1. The van der Waals surface area contributed by atoms with Crippen LogP contribution in [0.25, 0.3) is 16.3 Å². The Balaban J connectivity index is 1.57. The molecule has 0 aliphatic carbocycles. The molecule has 2 aromatic carbocycles. The monoisotopic (exact) mass is 525 g/mol. The SMILES string of the molecule is O=C(NCc1ccc(Cl)cc1)c1cn2c(C(O)C(O)CO)cc3cc(CN4CCOCC4)cc(c1=O)c32. The first-order valence-corrected chi connectivity index (χ1v) is 12.5. The van der Waals surface area contributed by atoms with Gasteiger partial charge in [-0.3, -0.25) is 14.5 Å². The molecule has 1 aliphatic rings. The third kappa shape index (κ3) is 5.19. The Morgan fingerprint density at radius 2 is 1.81 bits per heavy atom. The van der Waals surface area contributed by atoms with Crippen LogP contribution < -0.4 is 10.7 Å². The number of carbonyl (C=O) groups is 1. The van der Waals surface area contributed by atoms with Crippen LogP contribution in [0.2, 0.25) is 5.02 Å². The molecule has 0 radical (unpaired) electrons. The van der Waals surface area contributed by atoms with Crippen LogP contribution in [-0.4, -0.2) is 69.5 Å². The summed E-state index contributed by atoms with van der Waals surface area (Å²) in [6, 6.07) is 12.4. The molecular formula is C27H28ClN3O6. The molecule has 194 valence electrons. The van der Waals surface area contributed by atoms with Gasteiger partial charge in [-0.05, 0) is 41.5 Å². The zero-order valence-corrected chi connectivity index (χ0v) is 20.8. The van der Waals surface area contributed by atoms with Gasteiger partial charge < -0.3 is 29.8 Å². The molecule has 2 aromatic heterocycles. The van der Waals surface area contributed by atoms with Crippen molar-refractivity contribution in [2.45, 2.75) is 25.3 Å². The lowest BCUT2D eigenvalue weighted by Crippen LogP contribution is -2.35. The number of nitrogens with one attached hydrogen (secondary N) is 1. The number of aliphatic hydroxyl groups is 3. The quantitative estimate of drug-likeness (QED) is 0.276. The molecular weight excluding hydrogens is 498 g/mol. The molecule has 4 aromatic rings. The largest absolute Gasteiger partial charge is 0.394 e. The van der Waals surface area contributed by atoms with Crippen molar-refractivity contribution in [1.82, 2.24) is 14.6 Å². The summed E-state index contributed by atoms with van der Waals surface area (Å²) in [5.41, 5.74) is 2.02. The average molecular weight is 526 g/mol. The Morgan fingerprint density at radius 3 is 2.51 bits per heavy atom. The molecule has 0 saturated carbocycles. The third-order valence-electron chi connectivity index (χ3n) is 6.74. The number of ether oxygens (including phenoxy) is 1. The van der Waals surface area contributed by atoms with Gasteiger partial charge in [0.2, 0.25) is 5.43 Å². The molecule has 1 saturated heterocycles. The lowest BCUT2D eigenvalue weighted by atomic mass is 10.0. The minimum atomic E-state index is -1.43. The van der Waals surface area contributed by atoms with Crippen molar-refractivity contribution in [2.75, 3.05) is 32.9 Å². The Hall–Kier alpha value is -3.05. The van der Waals surface area contributed by atoms with E-state index in [-0.39, 0.29) is 17.8 Å². The first-order chi connectivity index (χ1) is 17.9. The molecule has 10 heteroatoms. The molecule has 4 N–H and O–H groups in total. The summed E-state index contributed by atoms with van der Waals surface area (Å²) in [6.45, 7) is 2.98.